The standard InChI is InChI=1S/C10H12N2.C2H6/c1-12-7-6-8-2-3-9(11)4-5-10(8)12;1-2/h2,4-7H,3,11H2,1H3;1-2H3. The van der Waals surface area contributed by atoms with Gasteiger partial charge < -0.3 is 10.3 Å². The first-order valence-corrected chi connectivity index (χ1v) is 5.05. The zero-order chi connectivity index (χ0) is 10.6. The molecule has 0 spiro atoms. The molecule has 0 saturated heterocycles. The first-order chi connectivity index (χ1) is 6.77. The van der Waals surface area contributed by atoms with E-state index in [1.165, 1.54) is 10.6 Å². The number of allylic oxidation sites excluding steroid dienone is 2. The van der Waals surface area contributed by atoms with Gasteiger partial charge in [0.2, 0.25) is 0 Å². The van der Waals surface area contributed by atoms with Gasteiger partial charge in [-0.05, 0) is 23.4 Å². The SMILES string of the molecule is CC.Cn1ccc2c1=CC=C(N)CC=2. The van der Waals surface area contributed by atoms with Crippen molar-refractivity contribution in [1.29, 1.82) is 0 Å². The van der Waals surface area contributed by atoms with Crippen LogP contribution < -0.4 is 16.3 Å². The van der Waals surface area contributed by atoms with Gasteiger partial charge in [0.25, 0.3) is 0 Å². The highest BCUT2D eigenvalue weighted by molar-refractivity contribution is 5.45. The Morgan fingerprint density at radius 3 is 2.71 bits per heavy atom. The van der Waals surface area contributed by atoms with E-state index in [0.717, 1.165) is 12.1 Å². The summed E-state index contributed by atoms with van der Waals surface area (Å²) in [7, 11) is 2.04. The topological polar surface area (TPSA) is 30.9 Å². The quantitative estimate of drug-likeness (QED) is 0.646. The molecule has 0 saturated carbocycles. The van der Waals surface area contributed by atoms with Crippen molar-refractivity contribution in [3.8, 4) is 0 Å². The maximum absolute atomic E-state index is 5.71. The molecule has 2 nitrogen and oxygen atoms in total. The van der Waals surface area contributed by atoms with E-state index in [4.69, 9.17) is 5.73 Å². The summed E-state index contributed by atoms with van der Waals surface area (Å²) in [6, 6.07) is 2.11. The predicted molar refractivity (Wildman–Crippen MR) is 61.8 cm³/mol. The number of hydrogen-bond donors (Lipinski definition) is 1. The molecule has 0 bridgehead atoms. The maximum atomic E-state index is 5.71. The molecule has 2 N–H and O–H groups in total. The Bertz CT molecular complexity index is 435. The number of hydrogen-bond acceptors (Lipinski definition) is 1. The molecule has 0 aromatic carbocycles. The molecule has 1 aromatic heterocycles. The van der Waals surface area contributed by atoms with Gasteiger partial charge in [-0.15, -0.1) is 0 Å². The molecule has 0 aliphatic heterocycles. The molecule has 0 fully saturated rings. The second-order valence-electron chi connectivity index (χ2n) is 3.08. The van der Waals surface area contributed by atoms with Crippen LogP contribution in [0.4, 0.5) is 0 Å². The van der Waals surface area contributed by atoms with Crippen LogP contribution in [0, 0.1) is 0 Å². The molecule has 14 heavy (non-hydrogen) atoms. The van der Waals surface area contributed by atoms with Crippen LogP contribution in [0.5, 0.6) is 0 Å². The molecule has 2 heteroatoms. The number of aryl methyl sites for hydroxylation is 1. The van der Waals surface area contributed by atoms with Gasteiger partial charge >= 0.3 is 0 Å². The number of nitrogens with zero attached hydrogens (tertiary/aromatic N) is 1. The summed E-state index contributed by atoms with van der Waals surface area (Å²) < 4.78 is 2.10. The van der Waals surface area contributed by atoms with Crippen LogP contribution in [0.1, 0.15) is 20.3 Å². The minimum absolute atomic E-state index is 0.855. The number of fused-ring (bicyclic) bond motifs is 1. The van der Waals surface area contributed by atoms with Crippen LogP contribution in [0.15, 0.2) is 24.0 Å². The van der Waals surface area contributed by atoms with Crippen molar-refractivity contribution in [1.82, 2.24) is 4.57 Å². The summed E-state index contributed by atoms with van der Waals surface area (Å²) >= 11 is 0. The van der Waals surface area contributed by atoms with E-state index in [1.54, 1.807) is 0 Å². The van der Waals surface area contributed by atoms with Crippen molar-refractivity contribution >= 4 is 12.2 Å². The third-order valence-corrected chi connectivity index (χ3v) is 2.17. The van der Waals surface area contributed by atoms with Gasteiger partial charge in [0, 0.05) is 30.7 Å². The predicted octanol–water partition coefficient (Wildman–Crippen LogP) is 0.859. The lowest BCUT2D eigenvalue weighted by Gasteiger charge is -1.89. The molecule has 1 aliphatic rings. The molecular weight excluding hydrogens is 172 g/mol. The van der Waals surface area contributed by atoms with Gasteiger partial charge in [-0.3, -0.25) is 0 Å². The van der Waals surface area contributed by atoms with Crippen molar-refractivity contribution in [2.45, 2.75) is 20.3 Å². The lowest BCUT2D eigenvalue weighted by molar-refractivity contribution is 0.889. The van der Waals surface area contributed by atoms with Gasteiger partial charge in [0.05, 0.1) is 0 Å². The van der Waals surface area contributed by atoms with Crippen molar-refractivity contribution in [2.24, 2.45) is 12.8 Å². The molecule has 0 unspecified atom stereocenters. The van der Waals surface area contributed by atoms with Crippen LogP contribution in [-0.2, 0) is 7.05 Å². The maximum Gasteiger partial charge on any atom is 0.0475 e. The molecule has 2 rings (SSSR count). The molecule has 1 aromatic rings. The second-order valence-corrected chi connectivity index (χ2v) is 3.08. The summed E-state index contributed by atoms with van der Waals surface area (Å²) in [4.78, 5) is 0. The smallest absolute Gasteiger partial charge is 0.0475 e. The monoisotopic (exact) mass is 190 g/mol. The zero-order valence-corrected chi connectivity index (χ0v) is 9.12. The van der Waals surface area contributed by atoms with E-state index in [2.05, 4.69) is 29.0 Å². The largest absolute Gasteiger partial charge is 0.402 e. The minimum atomic E-state index is 0.855. The first kappa shape index (κ1) is 10.6. The highest BCUT2D eigenvalue weighted by Gasteiger charge is 1.94. The normalized spacial score (nSPS) is 13.5. The van der Waals surface area contributed by atoms with Gasteiger partial charge in [0.15, 0.2) is 0 Å². The van der Waals surface area contributed by atoms with E-state index in [9.17, 15) is 0 Å². The molecule has 76 valence electrons. The van der Waals surface area contributed by atoms with Crippen molar-refractivity contribution in [3.05, 3.63) is 34.6 Å². The Morgan fingerprint density at radius 2 is 2.00 bits per heavy atom. The Morgan fingerprint density at radius 1 is 1.29 bits per heavy atom. The summed E-state index contributed by atoms with van der Waals surface area (Å²) in [5.41, 5.74) is 6.64. The first-order valence-electron chi connectivity index (χ1n) is 5.05. The molecular formula is C12H18N2. The lowest BCUT2D eigenvalue weighted by atomic mass is 10.3. The Balaban J connectivity index is 0.000000461. The molecule has 0 amide bonds. The Hall–Kier alpha value is -1.44. The summed E-state index contributed by atoms with van der Waals surface area (Å²) in [5, 5.41) is 2.50. The highest BCUT2D eigenvalue weighted by atomic mass is 14.9. The summed E-state index contributed by atoms with van der Waals surface area (Å²) in [6.07, 6.45) is 9.11. The summed E-state index contributed by atoms with van der Waals surface area (Å²) in [5.74, 6) is 0. The van der Waals surface area contributed by atoms with Crippen molar-refractivity contribution in [3.63, 3.8) is 0 Å². The lowest BCUT2D eigenvalue weighted by Crippen LogP contribution is -2.26. The van der Waals surface area contributed by atoms with E-state index in [1.807, 2.05) is 27.0 Å². The van der Waals surface area contributed by atoms with Crippen LogP contribution in [0.25, 0.3) is 12.2 Å². The fourth-order valence-electron chi connectivity index (χ4n) is 1.43. The number of rotatable bonds is 0. The Kier molecular flexibility index (Phi) is 3.57. The van der Waals surface area contributed by atoms with E-state index >= 15 is 0 Å². The van der Waals surface area contributed by atoms with Crippen LogP contribution in [-0.4, -0.2) is 4.57 Å². The van der Waals surface area contributed by atoms with Crippen LogP contribution >= 0.6 is 0 Å². The third kappa shape index (κ3) is 2.08. The zero-order valence-electron chi connectivity index (χ0n) is 9.12. The molecule has 0 atom stereocenters. The average molecular weight is 190 g/mol. The van der Waals surface area contributed by atoms with Crippen LogP contribution in [0.2, 0.25) is 0 Å². The van der Waals surface area contributed by atoms with Gasteiger partial charge in [0.1, 0.15) is 0 Å². The van der Waals surface area contributed by atoms with E-state index in [0.29, 0.717) is 0 Å². The second kappa shape index (κ2) is 4.70. The molecule has 1 aliphatic carbocycles. The Labute approximate surface area is 85.0 Å². The third-order valence-electron chi connectivity index (χ3n) is 2.17. The number of nitrogens with two attached hydrogens (primary N) is 1. The van der Waals surface area contributed by atoms with E-state index in [-0.39, 0.29) is 0 Å². The molecule has 0 radical (unpaired) electrons. The number of aromatic nitrogens is 1. The fourth-order valence-corrected chi connectivity index (χ4v) is 1.43. The van der Waals surface area contributed by atoms with Gasteiger partial charge in [-0.1, -0.05) is 19.9 Å². The van der Waals surface area contributed by atoms with Gasteiger partial charge in [-0.2, -0.15) is 0 Å². The average Bonchev–Trinajstić information content (AvgIpc) is 2.45. The van der Waals surface area contributed by atoms with Crippen LogP contribution in [0.3, 0.4) is 0 Å². The highest BCUT2D eigenvalue weighted by Crippen LogP contribution is 1.95. The fraction of sp³-hybridized carbons (Fsp3) is 0.333. The summed E-state index contributed by atoms with van der Waals surface area (Å²) in [6.45, 7) is 4.00. The van der Waals surface area contributed by atoms with E-state index < -0.39 is 0 Å². The van der Waals surface area contributed by atoms with Gasteiger partial charge in [-0.25, -0.2) is 0 Å². The molecule has 1 heterocycles. The minimum Gasteiger partial charge on any atom is -0.402 e. The van der Waals surface area contributed by atoms with Crippen molar-refractivity contribution < 1.29 is 0 Å². The van der Waals surface area contributed by atoms with Crippen molar-refractivity contribution in [2.75, 3.05) is 0 Å².